The number of nitrogens with one attached hydrogen (secondary N) is 2. The van der Waals surface area contributed by atoms with E-state index in [9.17, 15) is 14.0 Å². The molecule has 1 aliphatic carbocycles. The number of nitrogens with zero attached hydrogens (tertiary/aromatic N) is 1. The summed E-state index contributed by atoms with van der Waals surface area (Å²) >= 11 is 0. The first-order valence-corrected chi connectivity index (χ1v) is 10.9. The highest BCUT2D eigenvalue weighted by atomic mass is 19.1. The third kappa shape index (κ3) is 4.79. The molecule has 162 valence electrons. The molecule has 6 heteroatoms. The third-order valence-corrected chi connectivity index (χ3v) is 6.25. The number of fused-ring (bicyclic) bond motifs is 1. The molecule has 0 spiro atoms. The van der Waals surface area contributed by atoms with Gasteiger partial charge in [0.1, 0.15) is 5.82 Å². The summed E-state index contributed by atoms with van der Waals surface area (Å²) < 4.78 is 13.2. The third-order valence-electron chi connectivity index (χ3n) is 6.25. The smallest absolute Gasteiger partial charge is 0.322 e. The number of carbonyl (C=O) groups excluding carboxylic acids is 1. The number of aromatic nitrogens is 1. The quantitative estimate of drug-likeness (QED) is 0.572. The maximum Gasteiger partial charge on any atom is 0.322 e. The second-order valence-corrected chi connectivity index (χ2v) is 8.50. The molecule has 3 aromatic rings. The van der Waals surface area contributed by atoms with Crippen molar-refractivity contribution in [2.75, 3.05) is 5.32 Å². The molecular formula is C25H28FN3O2. The second kappa shape index (κ2) is 8.92. The highest BCUT2D eigenvalue weighted by Crippen LogP contribution is 2.25. The zero-order valence-electron chi connectivity index (χ0n) is 18.0. The number of H-pyrrole nitrogens is 1. The van der Waals surface area contributed by atoms with Crippen molar-refractivity contribution in [1.29, 1.82) is 0 Å². The molecule has 0 radical (unpaired) electrons. The summed E-state index contributed by atoms with van der Waals surface area (Å²) in [6.07, 6.45) is 5.13. The van der Waals surface area contributed by atoms with Crippen molar-refractivity contribution >= 4 is 22.6 Å². The zero-order chi connectivity index (χ0) is 22.0. The molecule has 1 saturated carbocycles. The number of anilines is 1. The summed E-state index contributed by atoms with van der Waals surface area (Å²) in [5.74, 6) is -0.352. The van der Waals surface area contributed by atoms with E-state index in [4.69, 9.17) is 0 Å². The summed E-state index contributed by atoms with van der Waals surface area (Å²) in [5, 5.41) is 3.83. The number of carbonyl (C=O) groups is 1. The summed E-state index contributed by atoms with van der Waals surface area (Å²) in [5.41, 5.74) is 4.01. The predicted molar refractivity (Wildman–Crippen MR) is 122 cm³/mol. The number of rotatable bonds is 4. The summed E-state index contributed by atoms with van der Waals surface area (Å²) in [6, 6.07) is 11.5. The number of halogens is 1. The second-order valence-electron chi connectivity index (χ2n) is 8.50. The Morgan fingerprint density at radius 3 is 2.45 bits per heavy atom. The van der Waals surface area contributed by atoms with Gasteiger partial charge < -0.3 is 15.2 Å². The lowest BCUT2D eigenvalue weighted by atomic mass is 9.94. The van der Waals surface area contributed by atoms with Gasteiger partial charge in [0.15, 0.2) is 0 Å². The van der Waals surface area contributed by atoms with Crippen LogP contribution in [0.5, 0.6) is 0 Å². The first kappa shape index (κ1) is 21.1. The molecule has 1 aromatic heterocycles. The van der Waals surface area contributed by atoms with Gasteiger partial charge in [-0.05, 0) is 85.7 Å². The average Bonchev–Trinajstić information content (AvgIpc) is 2.76. The maximum atomic E-state index is 13.2. The minimum absolute atomic E-state index is 0.0732. The van der Waals surface area contributed by atoms with Crippen LogP contribution in [0, 0.1) is 19.7 Å². The van der Waals surface area contributed by atoms with Gasteiger partial charge in [-0.2, -0.15) is 0 Å². The molecule has 0 bridgehead atoms. The molecule has 1 aliphatic rings. The van der Waals surface area contributed by atoms with Crippen LogP contribution in [0.4, 0.5) is 14.9 Å². The lowest BCUT2D eigenvalue weighted by Gasteiger charge is -2.34. The van der Waals surface area contributed by atoms with Gasteiger partial charge in [0, 0.05) is 22.8 Å². The van der Waals surface area contributed by atoms with E-state index in [2.05, 4.69) is 16.4 Å². The van der Waals surface area contributed by atoms with Gasteiger partial charge in [0.25, 0.3) is 5.56 Å². The van der Waals surface area contributed by atoms with Gasteiger partial charge in [-0.3, -0.25) is 4.79 Å². The van der Waals surface area contributed by atoms with Crippen molar-refractivity contribution in [3.63, 3.8) is 0 Å². The number of urea groups is 1. The Balaban J connectivity index is 1.64. The van der Waals surface area contributed by atoms with E-state index in [0.29, 0.717) is 11.3 Å². The number of benzene rings is 2. The Morgan fingerprint density at radius 1 is 1.06 bits per heavy atom. The van der Waals surface area contributed by atoms with Crippen molar-refractivity contribution in [2.24, 2.45) is 0 Å². The molecule has 31 heavy (non-hydrogen) atoms. The van der Waals surface area contributed by atoms with E-state index in [0.717, 1.165) is 47.7 Å². The number of aromatic amines is 1. The zero-order valence-corrected chi connectivity index (χ0v) is 18.0. The van der Waals surface area contributed by atoms with E-state index in [-0.39, 0.29) is 30.0 Å². The van der Waals surface area contributed by atoms with Gasteiger partial charge in [-0.25, -0.2) is 9.18 Å². The Morgan fingerprint density at radius 2 is 1.74 bits per heavy atom. The SMILES string of the molecule is Cc1cc2cc(CN(C(=O)Nc3ccc(F)cc3)C3CCCCC3)c(=O)[nH]c2cc1C. The van der Waals surface area contributed by atoms with Crippen LogP contribution < -0.4 is 10.9 Å². The van der Waals surface area contributed by atoms with E-state index in [1.807, 2.05) is 26.0 Å². The van der Waals surface area contributed by atoms with Gasteiger partial charge in [0.05, 0.1) is 6.54 Å². The first-order valence-electron chi connectivity index (χ1n) is 10.9. The van der Waals surface area contributed by atoms with Crippen molar-refractivity contribution < 1.29 is 9.18 Å². The molecule has 5 nitrogen and oxygen atoms in total. The molecule has 2 aromatic carbocycles. The van der Waals surface area contributed by atoms with Crippen molar-refractivity contribution in [3.8, 4) is 0 Å². The molecule has 0 atom stereocenters. The Hall–Kier alpha value is -3.15. The topological polar surface area (TPSA) is 65.2 Å². The lowest BCUT2D eigenvalue weighted by Crippen LogP contribution is -2.44. The normalized spacial score (nSPS) is 14.5. The van der Waals surface area contributed by atoms with E-state index in [1.54, 1.807) is 17.0 Å². The Bertz CT molecular complexity index is 1150. The van der Waals surface area contributed by atoms with E-state index >= 15 is 0 Å². The summed E-state index contributed by atoms with van der Waals surface area (Å²) in [7, 11) is 0. The fourth-order valence-electron chi connectivity index (χ4n) is 4.31. The van der Waals surface area contributed by atoms with Crippen LogP contribution in [0.3, 0.4) is 0 Å². The van der Waals surface area contributed by atoms with E-state index in [1.165, 1.54) is 18.6 Å². The van der Waals surface area contributed by atoms with Crippen LogP contribution >= 0.6 is 0 Å². The number of pyridine rings is 1. The minimum atomic E-state index is -0.352. The maximum absolute atomic E-state index is 13.2. The molecule has 2 amide bonds. The molecule has 0 unspecified atom stereocenters. The van der Waals surface area contributed by atoms with Crippen molar-refractivity contribution in [3.05, 3.63) is 75.3 Å². The predicted octanol–water partition coefficient (Wildman–Crippen LogP) is 5.65. The molecule has 0 saturated heterocycles. The molecule has 1 heterocycles. The summed E-state index contributed by atoms with van der Waals surface area (Å²) in [4.78, 5) is 30.7. The molecule has 0 aliphatic heterocycles. The standard InChI is InChI=1S/C25H28FN3O2/c1-16-12-18-14-19(24(30)28-23(18)13-17(16)2)15-29(22-6-4-3-5-7-22)25(31)27-21-10-8-20(26)9-11-21/h8-14,22H,3-7,15H2,1-2H3,(H,27,31)(H,28,30). The van der Waals surface area contributed by atoms with Crippen LogP contribution in [0.1, 0.15) is 48.8 Å². The van der Waals surface area contributed by atoms with Crippen molar-refractivity contribution in [2.45, 2.75) is 58.5 Å². The minimum Gasteiger partial charge on any atom is -0.322 e. The van der Waals surface area contributed by atoms with Gasteiger partial charge >= 0.3 is 6.03 Å². The van der Waals surface area contributed by atoms with Gasteiger partial charge in [-0.15, -0.1) is 0 Å². The molecular weight excluding hydrogens is 393 g/mol. The highest BCUT2D eigenvalue weighted by Gasteiger charge is 2.26. The number of hydrogen-bond acceptors (Lipinski definition) is 2. The fraction of sp³-hybridized carbons (Fsp3) is 0.360. The fourth-order valence-corrected chi connectivity index (χ4v) is 4.31. The van der Waals surface area contributed by atoms with Gasteiger partial charge in [0.2, 0.25) is 0 Å². The molecule has 1 fully saturated rings. The number of amides is 2. The Labute approximate surface area is 181 Å². The van der Waals surface area contributed by atoms with Crippen LogP contribution in [0.15, 0.2) is 47.3 Å². The number of hydrogen-bond donors (Lipinski definition) is 2. The van der Waals surface area contributed by atoms with Crippen LogP contribution in [0.2, 0.25) is 0 Å². The highest BCUT2D eigenvalue weighted by molar-refractivity contribution is 5.89. The monoisotopic (exact) mass is 421 g/mol. The Kier molecular flexibility index (Phi) is 6.07. The van der Waals surface area contributed by atoms with Gasteiger partial charge in [-0.1, -0.05) is 19.3 Å². The van der Waals surface area contributed by atoms with E-state index < -0.39 is 0 Å². The number of aryl methyl sites for hydroxylation is 2. The van der Waals surface area contributed by atoms with Crippen LogP contribution in [-0.4, -0.2) is 22.0 Å². The van der Waals surface area contributed by atoms with Crippen LogP contribution in [0.25, 0.3) is 10.9 Å². The molecule has 2 N–H and O–H groups in total. The lowest BCUT2D eigenvalue weighted by molar-refractivity contribution is 0.162. The van der Waals surface area contributed by atoms with Crippen molar-refractivity contribution in [1.82, 2.24) is 9.88 Å². The largest absolute Gasteiger partial charge is 0.322 e. The first-order chi connectivity index (χ1) is 14.9. The van der Waals surface area contributed by atoms with Crippen LogP contribution in [-0.2, 0) is 6.54 Å². The average molecular weight is 422 g/mol. The summed E-state index contributed by atoms with van der Waals surface area (Å²) in [6.45, 7) is 4.30. The molecule has 4 rings (SSSR count).